The number of nitriles is 1. The summed E-state index contributed by atoms with van der Waals surface area (Å²) in [7, 11) is -3.83. The Labute approximate surface area is 179 Å². The van der Waals surface area contributed by atoms with Crippen LogP contribution in [0.4, 0.5) is 5.69 Å². The Kier molecular flexibility index (Phi) is 5.49. The molecule has 160 valence electrons. The van der Waals surface area contributed by atoms with Crippen LogP contribution in [0.3, 0.4) is 0 Å². The maximum atomic E-state index is 13.1. The van der Waals surface area contributed by atoms with Crippen molar-refractivity contribution in [3.05, 3.63) is 75.6 Å². The van der Waals surface area contributed by atoms with E-state index in [2.05, 4.69) is 11.0 Å². The van der Waals surface area contributed by atoms with Crippen LogP contribution in [0.2, 0.25) is 0 Å². The number of hydrogen-bond acceptors (Lipinski definition) is 6. The largest absolute Gasteiger partial charge is 0.322 e. The van der Waals surface area contributed by atoms with Gasteiger partial charge in [-0.25, -0.2) is 8.42 Å². The summed E-state index contributed by atoms with van der Waals surface area (Å²) in [5.74, 6) is 0. The van der Waals surface area contributed by atoms with Gasteiger partial charge in [0, 0.05) is 62.8 Å². The van der Waals surface area contributed by atoms with Gasteiger partial charge >= 0.3 is 0 Å². The summed E-state index contributed by atoms with van der Waals surface area (Å²) in [6, 6.07) is 11.9. The molecule has 0 unspecified atom stereocenters. The number of rotatable bonds is 5. The molecule has 1 aliphatic rings. The van der Waals surface area contributed by atoms with Gasteiger partial charge in [0.25, 0.3) is 5.69 Å². The van der Waals surface area contributed by atoms with Crippen LogP contribution in [0, 0.1) is 28.4 Å². The van der Waals surface area contributed by atoms with Crippen molar-refractivity contribution in [2.45, 2.75) is 18.4 Å². The molecular formula is C21H21N5O4S. The third-order valence-electron chi connectivity index (χ3n) is 5.60. The highest BCUT2D eigenvalue weighted by Crippen LogP contribution is 2.26. The molecule has 0 atom stereocenters. The summed E-state index contributed by atoms with van der Waals surface area (Å²) in [6.45, 7) is 3.75. The molecule has 4 rings (SSSR count). The van der Waals surface area contributed by atoms with E-state index in [-0.39, 0.29) is 23.7 Å². The van der Waals surface area contributed by atoms with E-state index in [1.165, 1.54) is 16.4 Å². The molecule has 1 saturated heterocycles. The molecule has 0 aliphatic carbocycles. The minimum atomic E-state index is -3.83. The molecule has 9 nitrogen and oxygen atoms in total. The molecule has 0 amide bonds. The second-order valence-corrected chi connectivity index (χ2v) is 9.43. The molecule has 3 aromatic rings. The number of nitrogens with zero attached hydrogens (tertiary/aromatic N) is 5. The monoisotopic (exact) mass is 439 g/mol. The topological polar surface area (TPSA) is 112 Å². The number of nitro benzene ring substituents is 1. The zero-order chi connectivity index (χ0) is 22.2. The highest BCUT2D eigenvalue weighted by molar-refractivity contribution is 7.89. The molecule has 0 saturated carbocycles. The zero-order valence-corrected chi connectivity index (χ0v) is 17.7. The molecule has 0 bridgehead atoms. The van der Waals surface area contributed by atoms with Gasteiger partial charge in [-0.05, 0) is 24.6 Å². The van der Waals surface area contributed by atoms with Crippen LogP contribution >= 0.6 is 0 Å². The number of pyridine rings is 1. The predicted octanol–water partition coefficient (Wildman–Crippen LogP) is 2.53. The second-order valence-electron chi connectivity index (χ2n) is 7.52. The first-order valence-electron chi connectivity index (χ1n) is 9.77. The smallest absolute Gasteiger partial charge is 0.270 e. The molecule has 2 aromatic heterocycles. The van der Waals surface area contributed by atoms with E-state index in [0.29, 0.717) is 30.8 Å². The summed E-state index contributed by atoms with van der Waals surface area (Å²) in [4.78, 5) is 12.6. The van der Waals surface area contributed by atoms with Crippen LogP contribution in [0.5, 0.6) is 0 Å². The minimum absolute atomic E-state index is 0.0272. The Hall–Kier alpha value is -3.26. The van der Waals surface area contributed by atoms with Crippen molar-refractivity contribution in [2.75, 3.05) is 26.2 Å². The first kappa shape index (κ1) is 21.0. The standard InChI is InChI=1S/C21H21N5O4S/c1-16-5-6-18(26(27)28)12-21(16)31(29,30)25-10-8-23(9-11-25)14-17-15-24-7-3-2-4-20(24)19(17)13-22/h2-7,12,15H,8-11,14H2,1H3. The first-order valence-corrected chi connectivity index (χ1v) is 11.2. The Morgan fingerprint density at radius 3 is 2.58 bits per heavy atom. The lowest BCUT2D eigenvalue weighted by atomic mass is 10.1. The number of benzene rings is 1. The number of sulfonamides is 1. The molecular weight excluding hydrogens is 418 g/mol. The highest BCUT2D eigenvalue weighted by atomic mass is 32.2. The zero-order valence-electron chi connectivity index (χ0n) is 16.9. The Balaban J connectivity index is 1.50. The SMILES string of the molecule is Cc1ccc([N+](=O)[O-])cc1S(=O)(=O)N1CCN(Cc2cn3ccccc3c2C#N)CC1. The third kappa shape index (κ3) is 3.90. The molecule has 3 heterocycles. The van der Waals surface area contributed by atoms with Gasteiger partial charge < -0.3 is 4.40 Å². The van der Waals surface area contributed by atoms with E-state index in [1.807, 2.05) is 35.0 Å². The number of fused-ring (bicyclic) bond motifs is 1. The van der Waals surface area contributed by atoms with Crippen molar-refractivity contribution in [3.8, 4) is 6.07 Å². The van der Waals surface area contributed by atoms with E-state index in [9.17, 15) is 23.8 Å². The van der Waals surface area contributed by atoms with Crippen molar-refractivity contribution in [2.24, 2.45) is 0 Å². The normalized spacial score (nSPS) is 15.7. The van der Waals surface area contributed by atoms with Crippen molar-refractivity contribution in [3.63, 3.8) is 0 Å². The molecule has 0 spiro atoms. The van der Waals surface area contributed by atoms with E-state index in [4.69, 9.17) is 0 Å². The Morgan fingerprint density at radius 1 is 1.16 bits per heavy atom. The molecule has 0 N–H and O–H groups in total. The molecule has 0 radical (unpaired) electrons. The lowest BCUT2D eigenvalue weighted by Gasteiger charge is -2.34. The summed E-state index contributed by atoms with van der Waals surface area (Å²) < 4.78 is 29.5. The van der Waals surface area contributed by atoms with Crippen LogP contribution in [-0.2, 0) is 16.6 Å². The molecule has 1 aromatic carbocycles. The van der Waals surface area contributed by atoms with Gasteiger partial charge in [-0.1, -0.05) is 12.1 Å². The number of piperazine rings is 1. The van der Waals surface area contributed by atoms with Crippen LogP contribution in [0.15, 0.2) is 53.7 Å². The fourth-order valence-electron chi connectivity index (χ4n) is 3.91. The average molecular weight is 439 g/mol. The predicted molar refractivity (Wildman–Crippen MR) is 114 cm³/mol. The van der Waals surface area contributed by atoms with Gasteiger partial charge in [-0.3, -0.25) is 15.0 Å². The van der Waals surface area contributed by atoms with E-state index < -0.39 is 14.9 Å². The average Bonchev–Trinajstić information content (AvgIpc) is 3.11. The fourth-order valence-corrected chi connectivity index (χ4v) is 5.58. The van der Waals surface area contributed by atoms with Crippen molar-refractivity contribution < 1.29 is 13.3 Å². The molecule has 31 heavy (non-hydrogen) atoms. The Morgan fingerprint density at radius 2 is 1.90 bits per heavy atom. The van der Waals surface area contributed by atoms with Crippen molar-refractivity contribution >= 4 is 21.2 Å². The number of hydrogen-bond donors (Lipinski definition) is 0. The minimum Gasteiger partial charge on any atom is -0.322 e. The number of non-ortho nitro benzene ring substituents is 1. The number of aryl methyl sites for hydroxylation is 1. The summed E-state index contributed by atoms with van der Waals surface area (Å²) in [5, 5.41) is 20.6. The van der Waals surface area contributed by atoms with Gasteiger partial charge in [0.1, 0.15) is 6.07 Å². The van der Waals surface area contributed by atoms with Crippen molar-refractivity contribution in [1.29, 1.82) is 5.26 Å². The van der Waals surface area contributed by atoms with Crippen LogP contribution in [-0.4, -0.2) is 53.1 Å². The molecule has 1 aliphatic heterocycles. The fraction of sp³-hybridized carbons (Fsp3) is 0.286. The van der Waals surface area contributed by atoms with Crippen LogP contribution < -0.4 is 0 Å². The molecule has 10 heteroatoms. The Bertz CT molecular complexity index is 1300. The van der Waals surface area contributed by atoms with E-state index in [1.54, 1.807) is 6.92 Å². The van der Waals surface area contributed by atoms with Gasteiger partial charge in [0.05, 0.1) is 20.9 Å². The van der Waals surface area contributed by atoms with Gasteiger partial charge in [-0.2, -0.15) is 9.57 Å². The quantitative estimate of drug-likeness (QED) is 0.446. The van der Waals surface area contributed by atoms with Gasteiger partial charge in [-0.15, -0.1) is 0 Å². The lowest BCUT2D eigenvalue weighted by molar-refractivity contribution is -0.385. The third-order valence-corrected chi connectivity index (χ3v) is 7.64. The van der Waals surface area contributed by atoms with Crippen LogP contribution in [0.25, 0.3) is 5.52 Å². The maximum Gasteiger partial charge on any atom is 0.270 e. The summed E-state index contributed by atoms with van der Waals surface area (Å²) in [5.41, 5.74) is 2.62. The number of nitro groups is 1. The van der Waals surface area contributed by atoms with Crippen molar-refractivity contribution in [1.82, 2.24) is 13.6 Å². The molecule has 1 fully saturated rings. The van der Waals surface area contributed by atoms with E-state index >= 15 is 0 Å². The number of aromatic nitrogens is 1. The van der Waals surface area contributed by atoms with Gasteiger partial charge in [0.15, 0.2) is 0 Å². The summed E-state index contributed by atoms with van der Waals surface area (Å²) >= 11 is 0. The second kappa shape index (κ2) is 8.11. The highest BCUT2D eigenvalue weighted by Gasteiger charge is 2.31. The van der Waals surface area contributed by atoms with E-state index in [0.717, 1.165) is 17.1 Å². The lowest BCUT2D eigenvalue weighted by Crippen LogP contribution is -2.48. The first-order chi connectivity index (χ1) is 14.8. The van der Waals surface area contributed by atoms with Crippen LogP contribution in [0.1, 0.15) is 16.7 Å². The van der Waals surface area contributed by atoms with Gasteiger partial charge in [0.2, 0.25) is 10.0 Å². The summed E-state index contributed by atoms with van der Waals surface area (Å²) in [6.07, 6.45) is 3.83. The maximum absolute atomic E-state index is 13.1.